The van der Waals surface area contributed by atoms with Crippen LogP contribution in [0.15, 0.2) is 53.3 Å². The summed E-state index contributed by atoms with van der Waals surface area (Å²) in [6, 6.07) is 13.0. The fraction of sp³-hybridized carbons (Fsp3) is 0.310. The summed E-state index contributed by atoms with van der Waals surface area (Å²) < 4.78 is 17.4. The molecule has 7 nitrogen and oxygen atoms in total. The lowest BCUT2D eigenvalue weighted by atomic mass is 9.99. The number of benzene rings is 2. The molecule has 1 fully saturated rings. The number of phenolic OH excluding ortho intramolecular Hbond substituents is 1. The summed E-state index contributed by atoms with van der Waals surface area (Å²) in [6.45, 7) is 10.2. The van der Waals surface area contributed by atoms with E-state index in [0.717, 1.165) is 32.0 Å². The van der Waals surface area contributed by atoms with Crippen LogP contribution in [0.4, 0.5) is 10.2 Å². The lowest BCUT2D eigenvalue weighted by molar-refractivity contribution is 0.128. The van der Waals surface area contributed by atoms with Crippen molar-refractivity contribution in [3.8, 4) is 33.8 Å². The van der Waals surface area contributed by atoms with Crippen molar-refractivity contribution in [1.82, 2.24) is 19.0 Å². The molecule has 0 aliphatic carbocycles. The quantitative estimate of drug-likeness (QED) is 0.403. The van der Waals surface area contributed by atoms with Gasteiger partial charge in [-0.2, -0.15) is 0 Å². The lowest BCUT2D eigenvalue weighted by Gasteiger charge is -2.42. The number of anilines is 1. The number of aromatic hydroxyl groups is 1. The highest BCUT2D eigenvalue weighted by molar-refractivity contribution is 6.32. The minimum atomic E-state index is -0.513. The number of hydrogen-bond acceptors (Lipinski definition) is 5. The summed E-state index contributed by atoms with van der Waals surface area (Å²) in [5.74, 6) is 0.172. The Hall–Kier alpha value is -3.80. The van der Waals surface area contributed by atoms with Gasteiger partial charge in [0.25, 0.3) is 0 Å². The molecule has 0 unspecified atom stereocenters. The van der Waals surface area contributed by atoms with Crippen LogP contribution in [0.5, 0.6) is 5.75 Å². The van der Waals surface area contributed by atoms with Crippen LogP contribution in [0, 0.1) is 18.2 Å². The van der Waals surface area contributed by atoms with Crippen molar-refractivity contribution in [3.63, 3.8) is 0 Å². The SMILES string of the molecule is Cn1c#cn(-c2ccc(-c3cc(F)cc(-c4cccc(N5CCN(C(C)(C)C)CC5)n4)c3O)cc2Cl)c1=O. The Kier molecular flexibility index (Phi) is 6.68. The van der Waals surface area contributed by atoms with Gasteiger partial charge in [-0.25, -0.2) is 18.7 Å². The molecule has 0 bridgehead atoms. The van der Waals surface area contributed by atoms with E-state index in [-0.39, 0.29) is 33.1 Å². The molecule has 4 aromatic rings. The first kappa shape index (κ1) is 25.8. The van der Waals surface area contributed by atoms with Crippen molar-refractivity contribution >= 4 is 17.4 Å². The van der Waals surface area contributed by atoms with E-state index < -0.39 is 5.82 Å². The van der Waals surface area contributed by atoms with Gasteiger partial charge in [0.15, 0.2) is 0 Å². The third-order valence-electron chi connectivity index (χ3n) is 6.94. The normalized spacial score (nSPS) is 14.5. The number of rotatable bonds is 4. The molecule has 1 N–H and O–H groups in total. The number of hydrogen-bond donors (Lipinski definition) is 1. The molecule has 38 heavy (non-hydrogen) atoms. The Bertz CT molecular complexity index is 1550. The highest BCUT2D eigenvalue weighted by Crippen LogP contribution is 2.40. The second kappa shape index (κ2) is 9.82. The maximum absolute atomic E-state index is 14.8. The molecule has 1 aliphatic rings. The average Bonchev–Trinajstić information content (AvgIpc) is 3.22. The Morgan fingerprint density at radius 1 is 1.00 bits per heavy atom. The molecular formula is C29H29ClFN5O2. The van der Waals surface area contributed by atoms with Crippen molar-refractivity contribution in [2.75, 3.05) is 31.1 Å². The standard InChI is InChI=1S/C29H29ClFN5O2/c1-29(2,3)35-13-11-34(12-14-35)26-7-5-6-24(32-26)22-18-20(31)17-21(27(22)37)19-8-9-25(23(30)16-19)36-15-10-33(4)28(36)38/h5-9,16-18,37H,11-14H2,1-4H3. The Labute approximate surface area is 226 Å². The molecule has 1 saturated heterocycles. The van der Waals surface area contributed by atoms with Crippen LogP contribution >= 0.6 is 11.6 Å². The monoisotopic (exact) mass is 533 g/mol. The number of halogens is 2. The number of phenols is 1. The molecule has 0 spiro atoms. The van der Waals surface area contributed by atoms with Crippen molar-refractivity contribution in [1.29, 1.82) is 0 Å². The average molecular weight is 534 g/mol. The topological polar surface area (TPSA) is 66.5 Å². The Morgan fingerprint density at radius 3 is 2.34 bits per heavy atom. The number of aromatic nitrogens is 3. The van der Waals surface area contributed by atoms with Gasteiger partial charge in [0, 0.05) is 62.3 Å². The van der Waals surface area contributed by atoms with Gasteiger partial charge in [-0.15, -0.1) is 0 Å². The third-order valence-corrected chi connectivity index (χ3v) is 7.25. The molecule has 9 heteroatoms. The van der Waals surface area contributed by atoms with E-state index in [1.165, 1.54) is 21.3 Å². The molecule has 0 atom stereocenters. The van der Waals surface area contributed by atoms with E-state index >= 15 is 0 Å². The number of nitrogens with zero attached hydrogens (tertiary/aromatic N) is 5. The molecule has 2 aromatic heterocycles. The van der Waals surface area contributed by atoms with Crippen molar-refractivity contribution in [2.24, 2.45) is 7.05 Å². The van der Waals surface area contributed by atoms with Crippen molar-refractivity contribution < 1.29 is 9.50 Å². The van der Waals surface area contributed by atoms with Gasteiger partial charge in [0.1, 0.15) is 17.4 Å². The molecule has 0 saturated carbocycles. The first-order valence-corrected chi connectivity index (χ1v) is 12.8. The molecule has 0 amide bonds. The van der Waals surface area contributed by atoms with Crippen LogP contribution in [0.2, 0.25) is 5.02 Å². The molecule has 1 aliphatic heterocycles. The minimum absolute atomic E-state index is 0.103. The van der Waals surface area contributed by atoms with Crippen molar-refractivity contribution in [3.05, 3.63) is 82.2 Å². The number of pyridine rings is 1. The smallest absolute Gasteiger partial charge is 0.347 e. The largest absolute Gasteiger partial charge is 0.507 e. The van der Waals surface area contributed by atoms with Gasteiger partial charge < -0.3 is 10.0 Å². The van der Waals surface area contributed by atoms with E-state index in [4.69, 9.17) is 16.6 Å². The molecule has 5 rings (SSSR count). The van der Waals surface area contributed by atoms with Crippen molar-refractivity contribution in [2.45, 2.75) is 26.3 Å². The molecule has 3 heterocycles. The maximum atomic E-state index is 14.8. The lowest BCUT2D eigenvalue weighted by Crippen LogP contribution is -2.53. The van der Waals surface area contributed by atoms with Crippen LogP contribution in [-0.2, 0) is 7.05 Å². The van der Waals surface area contributed by atoms with Gasteiger partial charge in [-0.3, -0.25) is 9.47 Å². The first-order chi connectivity index (χ1) is 18.0. The summed E-state index contributed by atoms with van der Waals surface area (Å²) in [5.41, 5.74) is 1.71. The van der Waals surface area contributed by atoms with Crippen LogP contribution < -0.4 is 10.6 Å². The number of piperazine rings is 1. The minimum Gasteiger partial charge on any atom is -0.507 e. The predicted molar refractivity (Wildman–Crippen MR) is 148 cm³/mol. The van der Waals surface area contributed by atoms with Gasteiger partial charge in [-0.1, -0.05) is 23.7 Å². The zero-order valence-corrected chi connectivity index (χ0v) is 22.6. The zero-order chi connectivity index (χ0) is 27.2. The first-order valence-electron chi connectivity index (χ1n) is 12.4. The van der Waals surface area contributed by atoms with E-state index in [2.05, 4.69) is 43.0 Å². The summed E-state index contributed by atoms with van der Waals surface area (Å²) >= 11 is 6.49. The fourth-order valence-corrected chi connectivity index (χ4v) is 5.03. The summed E-state index contributed by atoms with van der Waals surface area (Å²) in [4.78, 5) is 21.7. The fourth-order valence-electron chi connectivity index (χ4n) is 4.76. The molecule has 2 aromatic carbocycles. The van der Waals surface area contributed by atoms with E-state index in [1.54, 1.807) is 31.3 Å². The molecular weight excluding hydrogens is 505 g/mol. The summed E-state index contributed by atoms with van der Waals surface area (Å²) in [5, 5.41) is 11.5. The Balaban J connectivity index is 1.47. The summed E-state index contributed by atoms with van der Waals surface area (Å²) in [7, 11) is 1.57. The van der Waals surface area contributed by atoms with Gasteiger partial charge in [0.2, 0.25) is 0 Å². The van der Waals surface area contributed by atoms with E-state index in [0.29, 0.717) is 16.9 Å². The van der Waals surface area contributed by atoms with E-state index in [1.807, 2.05) is 12.1 Å². The van der Waals surface area contributed by atoms with Gasteiger partial charge in [-0.05, 0) is 62.7 Å². The highest BCUT2D eigenvalue weighted by Gasteiger charge is 2.26. The van der Waals surface area contributed by atoms with Gasteiger partial charge in [0.05, 0.1) is 16.4 Å². The predicted octanol–water partition coefficient (Wildman–Crippen LogP) is 4.92. The third kappa shape index (κ3) is 4.87. The van der Waals surface area contributed by atoms with Gasteiger partial charge >= 0.3 is 5.69 Å². The van der Waals surface area contributed by atoms with Crippen LogP contribution in [0.25, 0.3) is 28.1 Å². The van der Waals surface area contributed by atoms with E-state index in [9.17, 15) is 14.3 Å². The molecule has 196 valence electrons. The highest BCUT2D eigenvalue weighted by atomic mass is 35.5. The summed E-state index contributed by atoms with van der Waals surface area (Å²) in [6.07, 6.45) is 5.39. The van der Waals surface area contributed by atoms with Crippen LogP contribution in [-0.4, -0.2) is 55.8 Å². The second-order valence-corrected chi connectivity index (χ2v) is 10.8. The Morgan fingerprint density at radius 2 is 1.71 bits per heavy atom. The van der Waals surface area contributed by atoms with Crippen LogP contribution in [0.3, 0.4) is 0 Å². The van der Waals surface area contributed by atoms with Crippen LogP contribution in [0.1, 0.15) is 20.8 Å². The zero-order valence-electron chi connectivity index (χ0n) is 21.8. The maximum Gasteiger partial charge on any atom is 0.347 e. The molecule has 0 radical (unpaired) electrons. The second-order valence-electron chi connectivity index (χ2n) is 10.4.